The first-order chi connectivity index (χ1) is 11.2. The minimum atomic E-state index is 0.501. The van der Waals surface area contributed by atoms with E-state index in [-0.39, 0.29) is 0 Å². The lowest BCUT2D eigenvalue weighted by molar-refractivity contribution is -0.109. The van der Waals surface area contributed by atoms with E-state index >= 15 is 0 Å². The summed E-state index contributed by atoms with van der Waals surface area (Å²) in [5, 5.41) is 0.802. The minimum absolute atomic E-state index is 0.501. The summed E-state index contributed by atoms with van der Waals surface area (Å²) < 4.78 is 5.33. The van der Waals surface area contributed by atoms with E-state index in [1.165, 1.54) is 38.5 Å². The number of aldehydes is 1. The molecule has 0 unspecified atom stereocenters. The number of hydrogen-bond donors (Lipinski definition) is 0. The number of methoxy groups -OCH3 is 1. The van der Waals surface area contributed by atoms with Crippen LogP contribution in [0.3, 0.4) is 0 Å². The van der Waals surface area contributed by atoms with Gasteiger partial charge in [-0.15, -0.1) is 0 Å². The normalized spacial score (nSPS) is 21.4. The summed E-state index contributed by atoms with van der Waals surface area (Å²) in [5.41, 5.74) is 1.59. The summed E-state index contributed by atoms with van der Waals surface area (Å²) in [6, 6.07) is 5.87. The summed E-state index contributed by atoms with van der Waals surface area (Å²) in [7, 11) is 1.69. The molecule has 1 aliphatic heterocycles. The Balaban J connectivity index is 1.62. The van der Waals surface area contributed by atoms with Crippen molar-refractivity contribution in [2.75, 3.05) is 25.1 Å². The van der Waals surface area contributed by atoms with Crippen molar-refractivity contribution in [2.24, 2.45) is 11.3 Å². The number of rotatable bonds is 4. The number of carbonyl (C=O) groups is 1. The fourth-order valence-corrected chi connectivity index (χ4v) is 4.48. The monoisotopic (exact) mass is 335 g/mol. The zero-order chi connectivity index (χ0) is 16.3. The van der Waals surface area contributed by atoms with Crippen molar-refractivity contribution in [3.05, 3.63) is 23.2 Å². The lowest BCUT2D eigenvalue weighted by atomic mass is 9.65. The van der Waals surface area contributed by atoms with Crippen molar-refractivity contribution < 1.29 is 9.53 Å². The van der Waals surface area contributed by atoms with Gasteiger partial charge in [0.25, 0.3) is 0 Å². The van der Waals surface area contributed by atoms with Crippen LogP contribution in [-0.4, -0.2) is 26.5 Å². The van der Waals surface area contributed by atoms with Crippen LogP contribution in [0.25, 0.3) is 0 Å². The molecule has 3 nitrogen and oxygen atoms in total. The first-order valence-corrected chi connectivity index (χ1v) is 9.06. The lowest BCUT2D eigenvalue weighted by Crippen LogP contribution is -2.42. The van der Waals surface area contributed by atoms with Gasteiger partial charge in [-0.2, -0.15) is 0 Å². The molecule has 1 spiro atoms. The van der Waals surface area contributed by atoms with Gasteiger partial charge >= 0.3 is 0 Å². The lowest BCUT2D eigenvalue weighted by Gasteiger charge is -2.46. The maximum absolute atomic E-state index is 10.7. The highest BCUT2D eigenvalue weighted by Gasteiger charge is 2.38. The van der Waals surface area contributed by atoms with Crippen LogP contribution in [0.2, 0.25) is 5.02 Å². The molecule has 1 heterocycles. The van der Waals surface area contributed by atoms with Gasteiger partial charge in [-0.3, -0.25) is 0 Å². The molecular weight excluding hydrogens is 310 g/mol. The Morgan fingerprint density at radius 1 is 1.26 bits per heavy atom. The van der Waals surface area contributed by atoms with Gasteiger partial charge in [-0.1, -0.05) is 11.6 Å². The Bertz CT molecular complexity index is 542. The van der Waals surface area contributed by atoms with Crippen molar-refractivity contribution >= 4 is 23.6 Å². The van der Waals surface area contributed by atoms with Crippen molar-refractivity contribution in [3.8, 4) is 5.75 Å². The molecule has 0 radical (unpaired) electrons. The van der Waals surface area contributed by atoms with E-state index in [0.29, 0.717) is 11.3 Å². The van der Waals surface area contributed by atoms with E-state index in [4.69, 9.17) is 16.3 Å². The molecule has 2 fully saturated rings. The second-order valence-corrected chi connectivity index (χ2v) is 7.56. The standard InChI is InChI=1S/C19H26ClNO2/c1-23-16-2-3-17(20)18(14-16)21-11-9-19(10-12-21)7-4-15(5-8-19)6-13-22/h2-3,13-15H,4-12H2,1H3. The summed E-state index contributed by atoms with van der Waals surface area (Å²) >= 11 is 6.39. The van der Waals surface area contributed by atoms with Gasteiger partial charge in [-0.05, 0) is 62.0 Å². The number of ether oxygens (including phenoxy) is 1. The van der Waals surface area contributed by atoms with Gasteiger partial charge in [-0.25, -0.2) is 0 Å². The van der Waals surface area contributed by atoms with E-state index < -0.39 is 0 Å². The van der Waals surface area contributed by atoms with E-state index in [1.54, 1.807) is 7.11 Å². The van der Waals surface area contributed by atoms with Gasteiger partial charge in [0, 0.05) is 25.6 Å². The predicted octanol–water partition coefficient (Wildman–Crippen LogP) is 4.71. The van der Waals surface area contributed by atoms with Crippen LogP contribution in [0.15, 0.2) is 18.2 Å². The second kappa shape index (κ2) is 7.12. The smallest absolute Gasteiger partial charge is 0.121 e. The molecule has 1 saturated carbocycles. The fraction of sp³-hybridized carbons (Fsp3) is 0.632. The molecule has 2 aliphatic rings. The summed E-state index contributed by atoms with van der Waals surface area (Å²) in [6.45, 7) is 2.12. The zero-order valence-electron chi connectivity index (χ0n) is 13.9. The average molecular weight is 336 g/mol. The maximum atomic E-state index is 10.7. The number of anilines is 1. The highest BCUT2D eigenvalue weighted by molar-refractivity contribution is 6.33. The summed E-state index contributed by atoms with van der Waals surface area (Å²) in [4.78, 5) is 13.1. The third-order valence-corrected chi connectivity index (χ3v) is 6.23. The molecule has 1 aliphatic carbocycles. The number of benzene rings is 1. The maximum Gasteiger partial charge on any atom is 0.121 e. The topological polar surface area (TPSA) is 29.5 Å². The Hall–Kier alpha value is -1.22. The Morgan fingerprint density at radius 3 is 2.57 bits per heavy atom. The molecule has 0 atom stereocenters. The molecule has 0 amide bonds. The van der Waals surface area contributed by atoms with Crippen LogP contribution < -0.4 is 9.64 Å². The van der Waals surface area contributed by atoms with Crippen molar-refractivity contribution in [1.29, 1.82) is 0 Å². The summed E-state index contributed by atoms with van der Waals surface area (Å²) in [5.74, 6) is 1.49. The summed E-state index contributed by atoms with van der Waals surface area (Å²) in [6.07, 6.45) is 9.31. The van der Waals surface area contributed by atoms with Gasteiger partial charge in [0.15, 0.2) is 0 Å². The fourth-order valence-electron chi connectivity index (χ4n) is 4.25. The quantitative estimate of drug-likeness (QED) is 0.746. The number of halogens is 1. The third kappa shape index (κ3) is 3.65. The average Bonchev–Trinajstić information content (AvgIpc) is 2.59. The van der Waals surface area contributed by atoms with E-state index in [1.807, 2.05) is 18.2 Å². The predicted molar refractivity (Wildman–Crippen MR) is 94.5 cm³/mol. The molecule has 3 rings (SSSR count). The molecule has 1 aromatic carbocycles. The first kappa shape index (κ1) is 16.6. The van der Waals surface area contributed by atoms with Crippen molar-refractivity contribution in [2.45, 2.75) is 44.9 Å². The van der Waals surface area contributed by atoms with Gasteiger partial charge in [0.1, 0.15) is 12.0 Å². The van der Waals surface area contributed by atoms with Crippen LogP contribution in [0, 0.1) is 11.3 Å². The van der Waals surface area contributed by atoms with E-state index in [0.717, 1.165) is 42.3 Å². The molecule has 0 bridgehead atoms. The van der Waals surface area contributed by atoms with E-state index in [2.05, 4.69) is 4.90 Å². The number of nitrogens with zero attached hydrogens (tertiary/aromatic N) is 1. The molecule has 0 N–H and O–H groups in total. The van der Waals surface area contributed by atoms with Crippen LogP contribution in [0.5, 0.6) is 5.75 Å². The molecule has 126 valence electrons. The van der Waals surface area contributed by atoms with Gasteiger partial charge in [0.05, 0.1) is 17.8 Å². The van der Waals surface area contributed by atoms with E-state index in [9.17, 15) is 4.79 Å². The van der Waals surface area contributed by atoms with Gasteiger partial charge < -0.3 is 14.4 Å². The first-order valence-electron chi connectivity index (χ1n) is 8.68. The molecule has 23 heavy (non-hydrogen) atoms. The highest BCUT2D eigenvalue weighted by Crippen LogP contribution is 2.47. The largest absolute Gasteiger partial charge is 0.497 e. The Labute approximate surface area is 144 Å². The minimum Gasteiger partial charge on any atom is -0.497 e. The Kier molecular flexibility index (Phi) is 5.15. The SMILES string of the molecule is COc1ccc(Cl)c(N2CCC3(CCC(CC=O)CC3)CC2)c1. The molecule has 4 heteroatoms. The molecule has 0 aromatic heterocycles. The van der Waals surface area contributed by atoms with Crippen LogP contribution in [0.4, 0.5) is 5.69 Å². The number of piperidine rings is 1. The van der Waals surface area contributed by atoms with Crippen LogP contribution >= 0.6 is 11.6 Å². The van der Waals surface area contributed by atoms with Crippen molar-refractivity contribution in [1.82, 2.24) is 0 Å². The third-order valence-electron chi connectivity index (χ3n) is 5.91. The molecule has 1 aromatic rings. The van der Waals surface area contributed by atoms with Crippen molar-refractivity contribution in [3.63, 3.8) is 0 Å². The number of carbonyl (C=O) groups excluding carboxylic acids is 1. The second-order valence-electron chi connectivity index (χ2n) is 7.15. The molecule has 1 saturated heterocycles. The highest BCUT2D eigenvalue weighted by atomic mass is 35.5. The van der Waals surface area contributed by atoms with Crippen LogP contribution in [0.1, 0.15) is 44.9 Å². The molecular formula is C19H26ClNO2. The van der Waals surface area contributed by atoms with Crippen LogP contribution in [-0.2, 0) is 4.79 Å². The Morgan fingerprint density at radius 2 is 1.96 bits per heavy atom. The zero-order valence-corrected chi connectivity index (χ0v) is 14.6. The van der Waals surface area contributed by atoms with Gasteiger partial charge in [0.2, 0.25) is 0 Å². The number of hydrogen-bond acceptors (Lipinski definition) is 3.